The van der Waals surface area contributed by atoms with Crippen LogP contribution < -0.4 is 10.0 Å². The number of sulfonamides is 1. The summed E-state index contributed by atoms with van der Waals surface area (Å²) < 4.78 is 42.6. The number of rotatable bonds is 10. The zero-order chi connectivity index (χ0) is 30.7. The van der Waals surface area contributed by atoms with Crippen molar-refractivity contribution in [3.05, 3.63) is 101 Å². The Morgan fingerprint density at radius 1 is 1.05 bits per heavy atom. The fourth-order valence-electron chi connectivity index (χ4n) is 5.05. The first-order valence-corrected chi connectivity index (χ1v) is 16.0. The van der Waals surface area contributed by atoms with Gasteiger partial charge in [-0.1, -0.05) is 60.7 Å². The fourth-order valence-corrected chi connectivity index (χ4v) is 7.69. The highest BCUT2D eigenvalue weighted by Crippen LogP contribution is 2.40. The molecule has 0 unspecified atom stereocenters. The molecule has 1 saturated heterocycles. The third-order valence-electron chi connectivity index (χ3n) is 7.47. The highest BCUT2D eigenvalue weighted by molar-refractivity contribution is 8.00. The first kappa shape index (κ1) is 31.7. The molecule has 1 aliphatic heterocycles. The molecule has 224 valence electrons. The number of halogens is 1. The Kier molecular flexibility index (Phi) is 9.77. The largest absolute Gasteiger partial charge is 0.382 e. The topological polar surface area (TPSA) is 116 Å². The van der Waals surface area contributed by atoms with Gasteiger partial charge in [0, 0.05) is 11.3 Å². The molecule has 3 aromatic rings. The molecular weight excluding hydrogens is 577 g/mol. The van der Waals surface area contributed by atoms with E-state index in [9.17, 15) is 27.5 Å². The third kappa shape index (κ3) is 7.20. The molecule has 0 spiro atoms. The van der Waals surface area contributed by atoms with Gasteiger partial charge in [-0.2, -0.15) is 0 Å². The van der Waals surface area contributed by atoms with Gasteiger partial charge in [-0.3, -0.25) is 9.59 Å². The van der Waals surface area contributed by atoms with Crippen LogP contribution in [0.1, 0.15) is 36.1 Å². The number of nitrogens with zero attached hydrogens (tertiary/aromatic N) is 1. The normalized spacial score (nSPS) is 18.0. The molecule has 4 rings (SSSR count). The number of aryl methyl sites for hydroxylation is 2. The van der Waals surface area contributed by atoms with Crippen molar-refractivity contribution in [3.63, 3.8) is 0 Å². The zero-order valence-electron chi connectivity index (χ0n) is 24.0. The lowest BCUT2D eigenvalue weighted by Crippen LogP contribution is -2.58. The molecule has 1 aliphatic rings. The van der Waals surface area contributed by atoms with Crippen LogP contribution >= 0.6 is 11.8 Å². The van der Waals surface area contributed by atoms with E-state index in [1.54, 1.807) is 30.3 Å². The van der Waals surface area contributed by atoms with E-state index in [0.29, 0.717) is 11.1 Å². The van der Waals surface area contributed by atoms with E-state index in [-0.39, 0.29) is 29.6 Å². The van der Waals surface area contributed by atoms with Gasteiger partial charge < -0.3 is 15.3 Å². The number of nitrogens with one attached hydrogen (secondary N) is 2. The first-order valence-electron chi connectivity index (χ1n) is 13.6. The summed E-state index contributed by atoms with van der Waals surface area (Å²) in [5.74, 6) is -1.74. The molecule has 1 heterocycles. The van der Waals surface area contributed by atoms with Crippen LogP contribution in [-0.2, 0) is 32.6 Å². The van der Waals surface area contributed by atoms with Crippen LogP contribution in [-0.4, -0.2) is 59.1 Å². The van der Waals surface area contributed by atoms with Gasteiger partial charge in [-0.15, -0.1) is 11.8 Å². The summed E-state index contributed by atoms with van der Waals surface area (Å²) in [7, 11) is -4.34. The van der Waals surface area contributed by atoms with E-state index < -0.39 is 44.7 Å². The predicted octanol–water partition coefficient (Wildman–Crippen LogP) is 3.69. The zero-order valence-corrected chi connectivity index (χ0v) is 25.6. The van der Waals surface area contributed by atoms with Crippen LogP contribution in [0.25, 0.3) is 0 Å². The van der Waals surface area contributed by atoms with Crippen molar-refractivity contribution in [3.8, 4) is 0 Å². The lowest BCUT2D eigenvalue weighted by Gasteiger charge is -2.33. The molecule has 11 heteroatoms. The Hall–Kier alpha value is -3.25. The Morgan fingerprint density at radius 2 is 1.71 bits per heavy atom. The highest BCUT2D eigenvalue weighted by Gasteiger charge is 2.50. The molecule has 0 aliphatic carbocycles. The van der Waals surface area contributed by atoms with E-state index in [0.717, 1.165) is 23.3 Å². The van der Waals surface area contributed by atoms with Crippen LogP contribution in [0.3, 0.4) is 0 Å². The number of carbonyl (C=O) groups excluding carboxylic acids is 2. The van der Waals surface area contributed by atoms with Crippen molar-refractivity contribution in [1.82, 2.24) is 14.9 Å². The Bertz CT molecular complexity index is 1550. The van der Waals surface area contributed by atoms with E-state index in [1.165, 1.54) is 29.7 Å². The maximum absolute atomic E-state index is 14.0. The Balaban J connectivity index is 1.60. The first-order chi connectivity index (χ1) is 19.8. The van der Waals surface area contributed by atoms with Crippen LogP contribution in [0.15, 0.2) is 77.7 Å². The molecular formula is C31H36FN3O5S2. The van der Waals surface area contributed by atoms with E-state index >= 15 is 0 Å². The van der Waals surface area contributed by atoms with E-state index in [4.69, 9.17) is 0 Å². The van der Waals surface area contributed by atoms with Gasteiger partial charge >= 0.3 is 0 Å². The monoisotopic (exact) mass is 613 g/mol. The number of hydrogen-bond acceptors (Lipinski definition) is 6. The fraction of sp³-hybridized carbons (Fsp3) is 0.355. The van der Waals surface area contributed by atoms with Crippen LogP contribution in [0.4, 0.5) is 4.39 Å². The molecule has 2 amide bonds. The molecule has 0 radical (unpaired) electrons. The SMILES string of the molecule is Cc1ccccc1CNC(=O)[C@H]1N(C(=O)[C@@H](O)[C@H](Cc2ccccc2)NS(=O)(=O)c2cc(F)ccc2C)CSC1(C)C. The summed E-state index contributed by atoms with van der Waals surface area (Å²) in [5, 5.41) is 14.3. The second kappa shape index (κ2) is 12.9. The number of thioether (sulfide) groups is 1. The summed E-state index contributed by atoms with van der Waals surface area (Å²) in [5.41, 5.74) is 2.95. The molecule has 0 saturated carbocycles. The summed E-state index contributed by atoms with van der Waals surface area (Å²) in [6.45, 7) is 7.46. The van der Waals surface area contributed by atoms with Gasteiger partial charge in [0.2, 0.25) is 15.9 Å². The molecule has 0 bridgehead atoms. The number of carbonyl (C=O) groups is 2. The Labute approximate surface area is 250 Å². The van der Waals surface area contributed by atoms with E-state index in [1.807, 2.05) is 45.0 Å². The minimum absolute atomic E-state index is 0.0180. The number of aliphatic hydroxyl groups is 1. The summed E-state index contributed by atoms with van der Waals surface area (Å²) in [6.07, 6.45) is -1.84. The number of amides is 2. The van der Waals surface area contributed by atoms with Crippen molar-refractivity contribution in [2.45, 2.75) is 68.5 Å². The van der Waals surface area contributed by atoms with Crippen LogP contribution in [0, 0.1) is 19.7 Å². The van der Waals surface area contributed by atoms with Crippen molar-refractivity contribution in [1.29, 1.82) is 0 Å². The Morgan fingerprint density at radius 3 is 2.40 bits per heavy atom. The van der Waals surface area contributed by atoms with Crippen LogP contribution in [0.2, 0.25) is 0 Å². The second-order valence-electron chi connectivity index (χ2n) is 11.0. The average Bonchev–Trinajstić information content (AvgIpc) is 3.27. The standard InChI is InChI=1S/C31H36FN3O5S2/c1-20-10-8-9-13-23(20)18-33-29(37)28-31(3,4)41-19-35(28)30(38)27(36)25(16-22-11-6-5-7-12-22)34-42(39,40)26-17-24(32)15-14-21(26)2/h5-15,17,25,27-28,34,36H,16,18-19H2,1-4H3,(H,33,37)/t25-,27-,28+/m0/s1. The lowest BCUT2D eigenvalue weighted by atomic mass is 9.97. The van der Waals surface area contributed by atoms with Gasteiger partial charge in [-0.25, -0.2) is 17.5 Å². The quantitative estimate of drug-likeness (QED) is 0.321. The summed E-state index contributed by atoms with van der Waals surface area (Å²) in [4.78, 5) is 28.3. The lowest BCUT2D eigenvalue weighted by molar-refractivity contribution is -0.147. The molecule has 8 nitrogen and oxygen atoms in total. The van der Waals surface area contributed by atoms with Gasteiger partial charge in [0.25, 0.3) is 5.91 Å². The average molecular weight is 614 g/mol. The molecule has 0 aromatic heterocycles. The maximum atomic E-state index is 14.0. The minimum Gasteiger partial charge on any atom is -0.382 e. The molecule has 3 atom stereocenters. The van der Waals surface area contributed by atoms with Gasteiger partial charge in [0.15, 0.2) is 0 Å². The van der Waals surface area contributed by atoms with Crippen molar-refractivity contribution >= 4 is 33.6 Å². The van der Waals surface area contributed by atoms with Crippen molar-refractivity contribution in [2.75, 3.05) is 5.88 Å². The van der Waals surface area contributed by atoms with Gasteiger partial charge in [0.05, 0.1) is 16.8 Å². The summed E-state index contributed by atoms with van der Waals surface area (Å²) in [6, 6.07) is 17.7. The highest BCUT2D eigenvalue weighted by atomic mass is 32.2. The molecule has 1 fully saturated rings. The smallest absolute Gasteiger partial charge is 0.254 e. The van der Waals surface area contributed by atoms with Crippen molar-refractivity contribution < 1.29 is 27.5 Å². The third-order valence-corrected chi connectivity index (χ3v) is 10.5. The minimum atomic E-state index is -4.34. The molecule has 42 heavy (non-hydrogen) atoms. The second-order valence-corrected chi connectivity index (χ2v) is 14.3. The van der Waals surface area contributed by atoms with Gasteiger partial charge in [-0.05, 0) is 68.5 Å². The number of hydrogen-bond donors (Lipinski definition) is 3. The van der Waals surface area contributed by atoms with Crippen molar-refractivity contribution in [2.24, 2.45) is 0 Å². The maximum Gasteiger partial charge on any atom is 0.254 e. The predicted molar refractivity (Wildman–Crippen MR) is 162 cm³/mol. The molecule has 3 aromatic carbocycles. The van der Waals surface area contributed by atoms with Gasteiger partial charge in [0.1, 0.15) is 18.0 Å². The van der Waals surface area contributed by atoms with Crippen LogP contribution in [0.5, 0.6) is 0 Å². The number of aliphatic hydroxyl groups excluding tert-OH is 1. The summed E-state index contributed by atoms with van der Waals surface area (Å²) >= 11 is 1.40. The molecule has 3 N–H and O–H groups in total. The van der Waals surface area contributed by atoms with E-state index in [2.05, 4.69) is 10.0 Å². The number of benzene rings is 3.